The van der Waals surface area contributed by atoms with Crippen molar-refractivity contribution < 1.29 is 4.92 Å². The molecule has 96 valence electrons. The zero-order valence-corrected chi connectivity index (χ0v) is 10.8. The standard InChI is InChI=1S/C10H13N5O2S/c1-7(10-13-12-6-14(10)2)11-5-8-3-4-9(18-8)15(16)17/h3-4,6-7,11H,5H2,1-2H3. The number of nitrogens with one attached hydrogen (secondary N) is 1. The molecule has 1 atom stereocenters. The predicted octanol–water partition coefficient (Wildman–Crippen LogP) is 1.64. The van der Waals surface area contributed by atoms with Crippen LogP contribution in [-0.2, 0) is 13.6 Å². The Kier molecular flexibility index (Phi) is 3.68. The third kappa shape index (κ3) is 2.71. The van der Waals surface area contributed by atoms with E-state index in [1.807, 2.05) is 18.5 Å². The quantitative estimate of drug-likeness (QED) is 0.657. The van der Waals surface area contributed by atoms with Crippen LogP contribution in [0.3, 0.4) is 0 Å². The molecule has 2 aromatic rings. The second kappa shape index (κ2) is 5.23. The van der Waals surface area contributed by atoms with Crippen molar-refractivity contribution in [1.29, 1.82) is 0 Å². The Morgan fingerprint density at radius 1 is 1.61 bits per heavy atom. The number of nitro groups is 1. The van der Waals surface area contributed by atoms with Gasteiger partial charge >= 0.3 is 5.00 Å². The van der Waals surface area contributed by atoms with Gasteiger partial charge in [-0.2, -0.15) is 0 Å². The lowest BCUT2D eigenvalue weighted by atomic mass is 10.3. The molecule has 2 rings (SSSR count). The average Bonchev–Trinajstić information content (AvgIpc) is 2.94. The van der Waals surface area contributed by atoms with Crippen molar-refractivity contribution in [3.8, 4) is 0 Å². The first kappa shape index (κ1) is 12.7. The number of hydrogen-bond acceptors (Lipinski definition) is 6. The second-order valence-corrected chi connectivity index (χ2v) is 5.05. The van der Waals surface area contributed by atoms with Gasteiger partial charge in [0, 0.05) is 24.5 Å². The minimum absolute atomic E-state index is 0.0404. The normalized spacial score (nSPS) is 12.6. The summed E-state index contributed by atoms with van der Waals surface area (Å²) in [4.78, 5) is 11.1. The molecule has 0 spiro atoms. The van der Waals surface area contributed by atoms with Gasteiger partial charge in [-0.05, 0) is 13.0 Å². The Labute approximate surface area is 108 Å². The molecule has 2 heterocycles. The summed E-state index contributed by atoms with van der Waals surface area (Å²) in [6.07, 6.45) is 1.64. The molecular weight excluding hydrogens is 254 g/mol. The van der Waals surface area contributed by atoms with E-state index < -0.39 is 0 Å². The first-order chi connectivity index (χ1) is 8.58. The lowest BCUT2D eigenvalue weighted by Crippen LogP contribution is -2.20. The number of aryl methyl sites for hydroxylation is 1. The molecule has 1 unspecified atom stereocenters. The molecular formula is C10H13N5O2S. The molecule has 18 heavy (non-hydrogen) atoms. The molecule has 2 aromatic heterocycles. The van der Waals surface area contributed by atoms with E-state index in [9.17, 15) is 10.1 Å². The highest BCUT2D eigenvalue weighted by Gasteiger charge is 2.13. The second-order valence-electron chi connectivity index (χ2n) is 3.90. The molecule has 0 aliphatic rings. The minimum atomic E-state index is -0.375. The predicted molar refractivity (Wildman–Crippen MR) is 67.2 cm³/mol. The topological polar surface area (TPSA) is 85.9 Å². The maximum Gasteiger partial charge on any atom is 0.324 e. The summed E-state index contributed by atoms with van der Waals surface area (Å²) in [6, 6.07) is 3.33. The Morgan fingerprint density at radius 3 is 2.94 bits per heavy atom. The van der Waals surface area contributed by atoms with Crippen molar-refractivity contribution in [3.05, 3.63) is 39.3 Å². The van der Waals surface area contributed by atoms with Gasteiger partial charge in [0.25, 0.3) is 0 Å². The maximum absolute atomic E-state index is 10.6. The lowest BCUT2D eigenvalue weighted by Gasteiger charge is -2.11. The molecule has 8 heteroatoms. The Hall–Kier alpha value is -1.80. The van der Waals surface area contributed by atoms with Crippen molar-refractivity contribution >= 4 is 16.3 Å². The zero-order chi connectivity index (χ0) is 13.1. The Morgan fingerprint density at radius 2 is 2.39 bits per heavy atom. The van der Waals surface area contributed by atoms with Gasteiger partial charge in [-0.25, -0.2) is 0 Å². The highest BCUT2D eigenvalue weighted by molar-refractivity contribution is 7.15. The average molecular weight is 267 g/mol. The molecule has 7 nitrogen and oxygen atoms in total. The van der Waals surface area contributed by atoms with Crippen LogP contribution in [0.25, 0.3) is 0 Å². The van der Waals surface area contributed by atoms with E-state index in [0.717, 1.165) is 10.7 Å². The number of aromatic nitrogens is 3. The fourth-order valence-corrected chi connectivity index (χ4v) is 2.36. The van der Waals surface area contributed by atoms with Crippen LogP contribution >= 0.6 is 11.3 Å². The highest BCUT2D eigenvalue weighted by Crippen LogP contribution is 2.24. The van der Waals surface area contributed by atoms with Crippen LogP contribution in [0.4, 0.5) is 5.00 Å². The van der Waals surface area contributed by atoms with E-state index in [4.69, 9.17) is 0 Å². The van der Waals surface area contributed by atoms with Crippen molar-refractivity contribution in [1.82, 2.24) is 20.1 Å². The van der Waals surface area contributed by atoms with Gasteiger partial charge in [0.1, 0.15) is 12.2 Å². The maximum atomic E-state index is 10.6. The van der Waals surface area contributed by atoms with Gasteiger partial charge in [-0.15, -0.1) is 10.2 Å². The van der Waals surface area contributed by atoms with Gasteiger partial charge in [-0.1, -0.05) is 11.3 Å². The number of hydrogen-bond donors (Lipinski definition) is 1. The number of nitrogens with zero attached hydrogens (tertiary/aromatic N) is 4. The fraction of sp³-hybridized carbons (Fsp3) is 0.400. The number of rotatable bonds is 5. The summed E-state index contributed by atoms with van der Waals surface area (Å²) in [7, 11) is 1.88. The van der Waals surface area contributed by atoms with E-state index >= 15 is 0 Å². The zero-order valence-electron chi connectivity index (χ0n) is 10.0. The smallest absolute Gasteiger partial charge is 0.319 e. The molecule has 0 saturated heterocycles. The van der Waals surface area contributed by atoms with E-state index in [0.29, 0.717) is 6.54 Å². The molecule has 0 amide bonds. The van der Waals surface area contributed by atoms with Crippen LogP contribution in [0.5, 0.6) is 0 Å². The van der Waals surface area contributed by atoms with Crippen LogP contribution in [0, 0.1) is 10.1 Å². The van der Waals surface area contributed by atoms with Crippen LogP contribution in [-0.4, -0.2) is 19.7 Å². The third-order valence-corrected chi connectivity index (χ3v) is 3.58. The SMILES string of the molecule is CC(NCc1ccc([N+](=O)[O-])s1)c1nncn1C. The highest BCUT2D eigenvalue weighted by atomic mass is 32.1. The van der Waals surface area contributed by atoms with Crippen molar-refractivity contribution in [2.75, 3.05) is 0 Å². The Bertz CT molecular complexity index is 550. The molecule has 1 N–H and O–H groups in total. The molecule has 0 bridgehead atoms. The van der Waals surface area contributed by atoms with Gasteiger partial charge in [-0.3, -0.25) is 10.1 Å². The fourth-order valence-electron chi connectivity index (χ4n) is 1.59. The molecule has 0 saturated carbocycles. The van der Waals surface area contributed by atoms with E-state index in [2.05, 4.69) is 15.5 Å². The largest absolute Gasteiger partial charge is 0.324 e. The summed E-state index contributed by atoms with van der Waals surface area (Å²) in [6.45, 7) is 2.55. The van der Waals surface area contributed by atoms with Gasteiger partial charge < -0.3 is 9.88 Å². The molecule has 0 radical (unpaired) electrons. The summed E-state index contributed by atoms with van der Waals surface area (Å²) in [5.74, 6) is 0.834. The van der Waals surface area contributed by atoms with Crippen molar-refractivity contribution in [2.24, 2.45) is 7.05 Å². The van der Waals surface area contributed by atoms with E-state index in [1.54, 1.807) is 12.4 Å². The summed E-state index contributed by atoms with van der Waals surface area (Å²) in [5, 5.41) is 21.8. The van der Waals surface area contributed by atoms with Crippen LogP contribution < -0.4 is 5.32 Å². The van der Waals surface area contributed by atoms with Crippen molar-refractivity contribution in [2.45, 2.75) is 19.5 Å². The van der Waals surface area contributed by atoms with Crippen molar-refractivity contribution in [3.63, 3.8) is 0 Å². The van der Waals surface area contributed by atoms with Crippen LogP contribution in [0.1, 0.15) is 23.7 Å². The summed E-state index contributed by atoms with van der Waals surface area (Å²) >= 11 is 1.18. The van der Waals surface area contributed by atoms with Gasteiger partial charge in [0.15, 0.2) is 0 Å². The third-order valence-electron chi connectivity index (χ3n) is 2.54. The minimum Gasteiger partial charge on any atom is -0.319 e. The van der Waals surface area contributed by atoms with Crippen LogP contribution in [0.15, 0.2) is 18.5 Å². The van der Waals surface area contributed by atoms with Gasteiger partial charge in [0.05, 0.1) is 11.0 Å². The first-order valence-corrected chi connectivity index (χ1v) is 6.20. The Balaban J connectivity index is 1.95. The van der Waals surface area contributed by atoms with Crippen LogP contribution in [0.2, 0.25) is 0 Å². The molecule has 0 aliphatic heterocycles. The van der Waals surface area contributed by atoms with Gasteiger partial charge in [0.2, 0.25) is 0 Å². The molecule has 0 aliphatic carbocycles. The number of thiophene rings is 1. The van der Waals surface area contributed by atoms with E-state index in [1.165, 1.54) is 17.4 Å². The molecule has 0 aromatic carbocycles. The molecule has 0 fully saturated rings. The van der Waals surface area contributed by atoms with E-state index in [-0.39, 0.29) is 16.0 Å². The first-order valence-electron chi connectivity index (χ1n) is 5.38. The lowest BCUT2D eigenvalue weighted by molar-refractivity contribution is -0.380. The monoisotopic (exact) mass is 267 g/mol. The summed E-state index contributed by atoms with van der Waals surface area (Å²) in [5.41, 5.74) is 0. The summed E-state index contributed by atoms with van der Waals surface area (Å²) < 4.78 is 1.84.